The zero-order valence-electron chi connectivity index (χ0n) is 12.3. The third kappa shape index (κ3) is 3.58. The maximum atomic E-state index is 13.0. The first kappa shape index (κ1) is 16.7. The van der Waals surface area contributed by atoms with Gasteiger partial charge in [-0.15, -0.1) is 0 Å². The average molecular weight is 374 g/mol. The molecule has 0 saturated carbocycles. The Labute approximate surface area is 136 Å². The number of amides is 1. The molecule has 7 heteroatoms. The van der Waals surface area contributed by atoms with E-state index in [1.807, 2.05) is 6.92 Å². The fourth-order valence-electron chi connectivity index (χ4n) is 2.54. The number of carboxylic acid groups (broad SMARTS) is 1. The highest BCUT2D eigenvalue weighted by Gasteiger charge is 2.38. The van der Waals surface area contributed by atoms with E-state index in [-0.39, 0.29) is 18.4 Å². The Morgan fingerprint density at radius 3 is 2.68 bits per heavy atom. The predicted octanol–water partition coefficient (Wildman–Crippen LogP) is 2.53. The third-order valence-corrected chi connectivity index (χ3v) is 4.41. The monoisotopic (exact) mass is 373 g/mol. The Morgan fingerprint density at radius 2 is 2.14 bits per heavy atom. The molecule has 1 aromatic rings. The minimum Gasteiger partial charge on any atom is -0.481 e. The lowest BCUT2D eigenvalue weighted by molar-refractivity contribution is -0.142. The highest BCUT2D eigenvalue weighted by Crippen LogP contribution is 2.28. The van der Waals surface area contributed by atoms with Crippen LogP contribution in [0.15, 0.2) is 22.7 Å². The Kier molecular flexibility index (Phi) is 5.05. The first-order chi connectivity index (χ1) is 10.3. The first-order valence-electron chi connectivity index (χ1n) is 6.93. The molecular weight excluding hydrogens is 357 g/mol. The molecule has 5 nitrogen and oxygen atoms in total. The van der Waals surface area contributed by atoms with Crippen LogP contribution >= 0.6 is 15.9 Å². The second-order valence-electron chi connectivity index (χ2n) is 5.50. The summed E-state index contributed by atoms with van der Waals surface area (Å²) in [6.45, 7) is 3.99. The lowest BCUT2D eigenvalue weighted by Gasteiger charge is -2.22. The van der Waals surface area contributed by atoms with Crippen LogP contribution in [0.4, 0.5) is 4.39 Å². The summed E-state index contributed by atoms with van der Waals surface area (Å²) in [4.78, 5) is 25.0. The number of ether oxygens (including phenoxy) is 1. The van der Waals surface area contributed by atoms with E-state index in [4.69, 9.17) is 9.84 Å². The molecule has 3 atom stereocenters. The molecule has 0 bridgehead atoms. The van der Waals surface area contributed by atoms with E-state index in [1.165, 1.54) is 23.1 Å². The smallest absolute Gasteiger partial charge is 0.308 e. The molecule has 0 radical (unpaired) electrons. The Bertz CT molecular complexity index is 595. The SMILES string of the molecule is CC(Oc1ccc(F)cc1Br)C(=O)N1C[C@@H](C)[C@H](C(=O)O)C1. The van der Waals surface area contributed by atoms with Crippen molar-refractivity contribution in [2.45, 2.75) is 20.0 Å². The van der Waals surface area contributed by atoms with Crippen LogP contribution in [-0.4, -0.2) is 41.1 Å². The first-order valence-corrected chi connectivity index (χ1v) is 7.72. The molecule has 1 aromatic carbocycles. The molecule has 1 amide bonds. The molecule has 22 heavy (non-hydrogen) atoms. The summed E-state index contributed by atoms with van der Waals surface area (Å²) in [6.07, 6.45) is -0.776. The minimum atomic E-state index is -0.891. The van der Waals surface area contributed by atoms with Crippen LogP contribution in [0, 0.1) is 17.7 Å². The van der Waals surface area contributed by atoms with Gasteiger partial charge >= 0.3 is 5.97 Å². The number of carbonyl (C=O) groups excluding carboxylic acids is 1. The van der Waals surface area contributed by atoms with Crippen LogP contribution in [-0.2, 0) is 9.59 Å². The Balaban J connectivity index is 2.02. The summed E-state index contributed by atoms with van der Waals surface area (Å²) in [6, 6.07) is 3.94. The van der Waals surface area contributed by atoms with Crippen LogP contribution in [0.3, 0.4) is 0 Å². The number of hydrogen-bond donors (Lipinski definition) is 1. The van der Waals surface area contributed by atoms with Gasteiger partial charge in [0.1, 0.15) is 11.6 Å². The van der Waals surface area contributed by atoms with Crippen LogP contribution < -0.4 is 4.74 Å². The normalized spacial score (nSPS) is 22.5. The molecule has 1 N–H and O–H groups in total. The van der Waals surface area contributed by atoms with Crippen molar-refractivity contribution >= 4 is 27.8 Å². The minimum absolute atomic E-state index is 0.0915. The molecular formula is C15H17BrFNO4. The second-order valence-corrected chi connectivity index (χ2v) is 6.35. The van der Waals surface area contributed by atoms with Gasteiger partial charge in [-0.3, -0.25) is 9.59 Å². The number of nitrogens with zero attached hydrogens (tertiary/aromatic N) is 1. The molecule has 1 heterocycles. The lowest BCUT2D eigenvalue weighted by Crippen LogP contribution is -2.39. The van der Waals surface area contributed by atoms with Crippen molar-refractivity contribution in [2.75, 3.05) is 13.1 Å². The molecule has 1 unspecified atom stereocenters. The van der Waals surface area contributed by atoms with Gasteiger partial charge in [0, 0.05) is 13.1 Å². The number of likely N-dealkylation sites (tertiary alicyclic amines) is 1. The predicted molar refractivity (Wildman–Crippen MR) is 81.1 cm³/mol. The van der Waals surface area contributed by atoms with Gasteiger partial charge in [-0.2, -0.15) is 0 Å². The van der Waals surface area contributed by atoms with Crippen molar-refractivity contribution in [3.63, 3.8) is 0 Å². The van der Waals surface area contributed by atoms with Gasteiger partial charge in [0.25, 0.3) is 5.91 Å². The van der Waals surface area contributed by atoms with Crippen molar-refractivity contribution in [3.05, 3.63) is 28.5 Å². The number of aliphatic carboxylic acids is 1. The Hall–Kier alpha value is -1.63. The summed E-state index contributed by atoms with van der Waals surface area (Å²) in [7, 11) is 0. The molecule has 0 aromatic heterocycles. The van der Waals surface area contributed by atoms with Gasteiger partial charge in [0.2, 0.25) is 0 Å². The highest BCUT2D eigenvalue weighted by atomic mass is 79.9. The number of benzene rings is 1. The van der Waals surface area contributed by atoms with Gasteiger partial charge in [-0.05, 0) is 47.0 Å². The third-order valence-electron chi connectivity index (χ3n) is 3.79. The number of rotatable bonds is 4. The largest absolute Gasteiger partial charge is 0.481 e. The van der Waals surface area contributed by atoms with Crippen molar-refractivity contribution in [1.29, 1.82) is 0 Å². The zero-order valence-corrected chi connectivity index (χ0v) is 13.8. The van der Waals surface area contributed by atoms with E-state index in [9.17, 15) is 14.0 Å². The topological polar surface area (TPSA) is 66.8 Å². The number of carboxylic acids is 1. The number of hydrogen-bond acceptors (Lipinski definition) is 3. The van der Waals surface area contributed by atoms with E-state index in [1.54, 1.807) is 6.92 Å². The van der Waals surface area contributed by atoms with Crippen molar-refractivity contribution in [3.8, 4) is 5.75 Å². The van der Waals surface area contributed by atoms with E-state index >= 15 is 0 Å². The van der Waals surface area contributed by atoms with Gasteiger partial charge in [-0.25, -0.2) is 4.39 Å². The lowest BCUT2D eigenvalue weighted by atomic mass is 9.99. The van der Waals surface area contributed by atoms with Crippen LogP contribution in [0.5, 0.6) is 5.75 Å². The van der Waals surface area contributed by atoms with Crippen molar-refractivity contribution in [2.24, 2.45) is 11.8 Å². The maximum Gasteiger partial charge on any atom is 0.308 e. The zero-order chi connectivity index (χ0) is 16.4. The second kappa shape index (κ2) is 6.64. The summed E-state index contributed by atoms with van der Waals surface area (Å²) in [5, 5.41) is 9.11. The highest BCUT2D eigenvalue weighted by molar-refractivity contribution is 9.10. The molecule has 1 saturated heterocycles. The van der Waals surface area contributed by atoms with Crippen LogP contribution in [0.1, 0.15) is 13.8 Å². The summed E-state index contributed by atoms with van der Waals surface area (Å²) >= 11 is 3.18. The van der Waals surface area contributed by atoms with Gasteiger partial charge in [0.15, 0.2) is 6.10 Å². The maximum absolute atomic E-state index is 13.0. The van der Waals surface area contributed by atoms with Crippen LogP contribution in [0.2, 0.25) is 0 Å². The molecule has 0 spiro atoms. The van der Waals surface area contributed by atoms with Gasteiger partial charge in [-0.1, -0.05) is 6.92 Å². The van der Waals surface area contributed by atoms with Gasteiger partial charge < -0.3 is 14.7 Å². The molecule has 1 fully saturated rings. The quantitative estimate of drug-likeness (QED) is 0.880. The van der Waals surface area contributed by atoms with Gasteiger partial charge in [0.05, 0.1) is 10.4 Å². The average Bonchev–Trinajstić information content (AvgIpc) is 2.83. The molecule has 0 aliphatic carbocycles. The summed E-state index contributed by atoms with van der Waals surface area (Å²) < 4.78 is 19.0. The van der Waals surface area contributed by atoms with Crippen molar-refractivity contribution in [1.82, 2.24) is 4.90 Å². The van der Waals surface area contributed by atoms with E-state index in [0.29, 0.717) is 16.8 Å². The number of halogens is 2. The molecule has 120 valence electrons. The molecule has 2 rings (SSSR count). The van der Waals surface area contributed by atoms with E-state index in [0.717, 1.165) is 0 Å². The molecule has 1 aliphatic heterocycles. The summed E-state index contributed by atoms with van der Waals surface area (Å²) in [5.41, 5.74) is 0. The number of carbonyl (C=O) groups is 2. The van der Waals surface area contributed by atoms with Crippen molar-refractivity contribution < 1.29 is 23.8 Å². The van der Waals surface area contributed by atoms with Crippen LogP contribution in [0.25, 0.3) is 0 Å². The fourth-order valence-corrected chi connectivity index (χ4v) is 2.98. The molecule has 1 aliphatic rings. The Morgan fingerprint density at radius 1 is 1.45 bits per heavy atom. The standard InChI is InChI=1S/C15H17BrFNO4/c1-8-6-18(7-11(8)15(20)21)14(19)9(2)22-13-4-3-10(17)5-12(13)16/h3-5,8-9,11H,6-7H2,1-2H3,(H,20,21)/t8-,9?,11-/m1/s1. The van der Waals surface area contributed by atoms with E-state index in [2.05, 4.69) is 15.9 Å². The summed E-state index contributed by atoms with van der Waals surface area (Å²) in [5.74, 6) is -1.84. The van der Waals surface area contributed by atoms with E-state index < -0.39 is 23.8 Å². The fraction of sp³-hybridized carbons (Fsp3) is 0.467.